The zero-order valence-electron chi connectivity index (χ0n) is 18.1. The van der Waals surface area contributed by atoms with Crippen LogP contribution >= 0.6 is 0 Å². The molecule has 1 fully saturated rings. The van der Waals surface area contributed by atoms with E-state index in [4.69, 9.17) is 6.42 Å². The van der Waals surface area contributed by atoms with Crippen LogP contribution in [0.2, 0.25) is 0 Å². The molecule has 3 aromatic carbocycles. The quantitative estimate of drug-likeness (QED) is 0.299. The van der Waals surface area contributed by atoms with Crippen LogP contribution in [0, 0.1) is 41.6 Å². The van der Waals surface area contributed by atoms with E-state index in [-0.39, 0.29) is 0 Å². The number of halogens is 3. The molecule has 0 nitrogen and oxygen atoms in total. The van der Waals surface area contributed by atoms with Crippen molar-refractivity contribution in [3.63, 3.8) is 0 Å². The lowest BCUT2D eigenvalue weighted by Gasteiger charge is -2.03. The Balaban J connectivity index is 0.000000269. The maximum atomic E-state index is 12.0. The first-order valence-corrected chi connectivity index (χ1v) is 10.8. The Bertz CT molecular complexity index is 1130. The summed E-state index contributed by atoms with van der Waals surface area (Å²) in [6, 6.07) is 17.7. The number of terminal acetylenes is 1. The molecular formula is C29H25F3. The van der Waals surface area contributed by atoms with E-state index in [0.717, 1.165) is 41.3 Å². The molecule has 1 aliphatic rings. The average molecular weight is 431 g/mol. The molecule has 0 bridgehead atoms. The van der Waals surface area contributed by atoms with E-state index >= 15 is 0 Å². The maximum Gasteiger partial charge on any atom is 0.194 e. The van der Waals surface area contributed by atoms with Gasteiger partial charge in [-0.25, -0.2) is 13.2 Å². The van der Waals surface area contributed by atoms with Crippen molar-refractivity contribution in [3.8, 4) is 24.2 Å². The summed E-state index contributed by atoms with van der Waals surface area (Å²) in [5.74, 6) is 6.26. The number of rotatable bonds is 4. The monoisotopic (exact) mass is 430 g/mol. The molecule has 3 heteroatoms. The lowest BCUT2D eigenvalue weighted by Crippen LogP contribution is -1.89. The maximum absolute atomic E-state index is 12.0. The summed E-state index contributed by atoms with van der Waals surface area (Å²) in [6.45, 7) is 2.22. The highest BCUT2D eigenvalue weighted by Gasteiger charge is 2.25. The lowest BCUT2D eigenvalue weighted by molar-refractivity contribution is 0.447. The highest BCUT2D eigenvalue weighted by molar-refractivity contribution is 5.51. The summed E-state index contributed by atoms with van der Waals surface area (Å²) in [5, 5.41) is 0. The largest absolute Gasteiger partial charge is 0.204 e. The predicted molar refractivity (Wildman–Crippen MR) is 124 cm³/mol. The van der Waals surface area contributed by atoms with Gasteiger partial charge in [-0.3, -0.25) is 0 Å². The summed E-state index contributed by atoms with van der Waals surface area (Å²) < 4.78 is 35.9. The molecule has 0 unspecified atom stereocenters. The van der Waals surface area contributed by atoms with Crippen LogP contribution in [0.3, 0.4) is 0 Å². The molecule has 0 amide bonds. The topological polar surface area (TPSA) is 0 Å². The Hall–Kier alpha value is -3.43. The average Bonchev–Trinajstić information content (AvgIpc) is 3.66. The van der Waals surface area contributed by atoms with Gasteiger partial charge in [0.15, 0.2) is 17.5 Å². The van der Waals surface area contributed by atoms with Gasteiger partial charge in [0.05, 0.1) is 0 Å². The molecule has 0 saturated heterocycles. The number of benzene rings is 3. The van der Waals surface area contributed by atoms with Gasteiger partial charge in [0.1, 0.15) is 0 Å². The Morgan fingerprint density at radius 2 is 1.50 bits per heavy atom. The zero-order chi connectivity index (χ0) is 22.9. The second-order valence-corrected chi connectivity index (χ2v) is 7.81. The van der Waals surface area contributed by atoms with Gasteiger partial charge in [0.25, 0.3) is 0 Å². The third-order valence-corrected chi connectivity index (χ3v) is 5.25. The van der Waals surface area contributed by atoms with Crippen LogP contribution in [0.15, 0.2) is 60.7 Å². The SMILES string of the molecule is C#Cc1ccc(C#Cc2ccc(CCCC)cc2)cc1C1CC1.Fc1cccc(F)c1F. The fourth-order valence-electron chi connectivity index (χ4n) is 3.26. The van der Waals surface area contributed by atoms with Crippen LogP contribution in [0.5, 0.6) is 0 Å². The van der Waals surface area contributed by atoms with E-state index < -0.39 is 17.5 Å². The van der Waals surface area contributed by atoms with E-state index in [1.54, 1.807) is 0 Å². The number of hydrogen-bond acceptors (Lipinski definition) is 0. The fraction of sp³-hybridized carbons (Fsp3) is 0.241. The molecule has 0 radical (unpaired) electrons. The minimum absolute atomic E-state index is 0.653. The van der Waals surface area contributed by atoms with Crippen LogP contribution in [0.25, 0.3) is 0 Å². The lowest BCUT2D eigenvalue weighted by atomic mass is 10.0. The third kappa shape index (κ3) is 6.53. The van der Waals surface area contributed by atoms with Gasteiger partial charge in [-0.05, 0) is 85.2 Å². The Morgan fingerprint density at radius 3 is 2.06 bits per heavy atom. The van der Waals surface area contributed by atoms with E-state index in [0.29, 0.717) is 5.92 Å². The number of unbranched alkanes of at least 4 members (excludes halogenated alkanes) is 1. The Morgan fingerprint density at radius 1 is 0.875 bits per heavy atom. The summed E-state index contributed by atoms with van der Waals surface area (Å²) in [6.07, 6.45) is 11.7. The summed E-state index contributed by atoms with van der Waals surface area (Å²) >= 11 is 0. The standard InChI is InChI=1S/C23H22.C6H3F3/c1-3-5-6-18-7-9-19(10-8-18)11-12-20-13-14-21(4-2)23(17-20)22-15-16-22;7-4-2-1-3-5(8)6(4)9/h2,7-10,13-14,17,22H,3,5-6,15-16H2,1H3;1-3H. The van der Waals surface area contributed by atoms with Gasteiger partial charge in [-0.2, -0.15) is 0 Å². The molecule has 1 saturated carbocycles. The molecule has 162 valence electrons. The fourth-order valence-corrected chi connectivity index (χ4v) is 3.26. The molecule has 0 N–H and O–H groups in total. The summed E-state index contributed by atoms with van der Waals surface area (Å²) in [4.78, 5) is 0. The van der Waals surface area contributed by atoms with Crippen LogP contribution in [-0.4, -0.2) is 0 Å². The van der Waals surface area contributed by atoms with Gasteiger partial charge in [0, 0.05) is 16.7 Å². The molecule has 0 heterocycles. The van der Waals surface area contributed by atoms with E-state index in [2.05, 4.69) is 55.0 Å². The first-order chi connectivity index (χ1) is 15.5. The number of hydrogen-bond donors (Lipinski definition) is 0. The normalized spacial score (nSPS) is 12.1. The van der Waals surface area contributed by atoms with Gasteiger partial charge in [0.2, 0.25) is 0 Å². The predicted octanol–water partition coefficient (Wildman–Crippen LogP) is 7.39. The van der Waals surface area contributed by atoms with E-state index in [1.165, 1.54) is 36.8 Å². The molecular weight excluding hydrogens is 405 g/mol. The Labute approximate surface area is 188 Å². The molecule has 0 aromatic heterocycles. The summed E-state index contributed by atoms with van der Waals surface area (Å²) in [5.41, 5.74) is 5.85. The second-order valence-electron chi connectivity index (χ2n) is 7.81. The van der Waals surface area contributed by atoms with Crippen molar-refractivity contribution in [1.82, 2.24) is 0 Å². The van der Waals surface area contributed by atoms with Crippen LogP contribution in [-0.2, 0) is 6.42 Å². The van der Waals surface area contributed by atoms with Gasteiger partial charge >= 0.3 is 0 Å². The first-order valence-electron chi connectivity index (χ1n) is 10.8. The molecule has 1 aliphatic carbocycles. The molecule has 32 heavy (non-hydrogen) atoms. The van der Waals surface area contributed by atoms with E-state index in [1.807, 2.05) is 12.1 Å². The van der Waals surface area contributed by atoms with Crippen molar-refractivity contribution in [2.75, 3.05) is 0 Å². The Kier molecular flexibility index (Phi) is 8.18. The van der Waals surface area contributed by atoms with Crippen molar-refractivity contribution >= 4 is 0 Å². The van der Waals surface area contributed by atoms with Gasteiger partial charge in [-0.15, -0.1) is 6.42 Å². The van der Waals surface area contributed by atoms with Crippen LogP contribution in [0.4, 0.5) is 13.2 Å². The van der Waals surface area contributed by atoms with Crippen molar-refractivity contribution in [2.45, 2.75) is 44.9 Å². The van der Waals surface area contributed by atoms with E-state index in [9.17, 15) is 13.2 Å². The van der Waals surface area contributed by atoms with Crippen molar-refractivity contribution in [2.24, 2.45) is 0 Å². The van der Waals surface area contributed by atoms with Crippen molar-refractivity contribution in [3.05, 3.63) is 106 Å². The van der Waals surface area contributed by atoms with Crippen LogP contribution < -0.4 is 0 Å². The zero-order valence-corrected chi connectivity index (χ0v) is 18.1. The minimum Gasteiger partial charge on any atom is -0.204 e. The highest BCUT2D eigenvalue weighted by Crippen LogP contribution is 2.41. The van der Waals surface area contributed by atoms with Crippen LogP contribution in [0.1, 0.15) is 66.3 Å². The van der Waals surface area contributed by atoms with Gasteiger partial charge < -0.3 is 0 Å². The minimum atomic E-state index is -1.42. The molecule has 0 atom stereocenters. The van der Waals surface area contributed by atoms with Crippen molar-refractivity contribution < 1.29 is 13.2 Å². The molecule has 4 rings (SSSR count). The first kappa shape index (κ1) is 23.2. The third-order valence-electron chi connectivity index (χ3n) is 5.25. The van der Waals surface area contributed by atoms with Crippen molar-refractivity contribution in [1.29, 1.82) is 0 Å². The highest BCUT2D eigenvalue weighted by atomic mass is 19.2. The summed E-state index contributed by atoms with van der Waals surface area (Å²) in [7, 11) is 0. The second kappa shape index (κ2) is 11.3. The van der Waals surface area contributed by atoms with Gasteiger partial charge in [-0.1, -0.05) is 49.3 Å². The molecule has 0 aliphatic heterocycles. The smallest absolute Gasteiger partial charge is 0.194 e. The number of aryl methyl sites for hydroxylation is 1. The molecule has 0 spiro atoms. The molecule has 3 aromatic rings.